The molecule has 1 unspecified atom stereocenters. The molecular weight excluding hydrogens is 116 g/mol. The summed E-state index contributed by atoms with van der Waals surface area (Å²) in [5.74, 6) is 5.44. The molecule has 0 aliphatic heterocycles. The first-order valence-electron chi connectivity index (χ1n) is 2.88. The third kappa shape index (κ3) is 5.35. The maximum Gasteiger partial charge on any atom is 0.0882 e. The quantitative estimate of drug-likeness (QED) is 0.558. The van der Waals surface area contributed by atoms with E-state index in [9.17, 15) is 0 Å². The van der Waals surface area contributed by atoms with Crippen molar-refractivity contribution in [3.63, 3.8) is 0 Å². The van der Waals surface area contributed by atoms with Crippen LogP contribution in [0.5, 0.6) is 0 Å². The van der Waals surface area contributed by atoms with E-state index in [-0.39, 0.29) is 0 Å². The lowest BCUT2D eigenvalue weighted by Gasteiger charge is -2.02. The van der Waals surface area contributed by atoms with Gasteiger partial charge in [0.25, 0.3) is 0 Å². The molecule has 0 spiro atoms. The summed E-state index contributed by atoms with van der Waals surface area (Å²) in [7, 11) is 1.56. The summed E-state index contributed by atoms with van der Waals surface area (Å²) in [4.78, 5) is 0. The highest BCUT2D eigenvalue weighted by atomic mass is 16.5. The summed E-state index contributed by atoms with van der Waals surface area (Å²) in [5, 5.41) is 8.95. The molecule has 0 heterocycles. The Labute approximate surface area is 55.8 Å². The second-order valence-electron chi connectivity index (χ2n) is 1.74. The summed E-state index contributed by atoms with van der Waals surface area (Å²) in [6, 6.07) is 0. The van der Waals surface area contributed by atoms with E-state index in [1.807, 2.05) is 0 Å². The van der Waals surface area contributed by atoms with Gasteiger partial charge in [0.2, 0.25) is 0 Å². The summed E-state index contributed by atoms with van der Waals surface area (Å²) in [6.07, 6.45) is 0.0760. The minimum Gasteiger partial charge on any atom is -0.390 e. The Morgan fingerprint density at radius 2 is 2.33 bits per heavy atom. The molecule has 0 amide bonds. The van der Waals surface area contributed by atoms with Crippen molar-refractivity contribution in [2.24, 2.45) is 0 Å². The lowest BCUT2D eigenvalue weighted by molar-refractivity contribution is 0.0680. The highest BCUT2D eigenvalue weighted by Crippen LogP contribution is 1.88. The second-order valence-corrected chi connectivity index (χ2v) is 1.74. The van der Waals surface area contributed by atoms with Crippen LogP contribution in [0.3, 0.4) is 0 Å². The van der Waals surface area contributed by atoms with Crippen LogP contribution < -0.4 is 0 Å². The molecule has 1 N–H and O–H groups in total. The SMILES string of the molecule is CC#CCC(O)COC. The van der Waals surface area contributed by atoms with Gasteiger partial charge in [-0.2, -0.15) is 0 Å². The number of ether oxygens (including phenoxy) is 1. The summed E-state index contributed by atoms with van der Waals surface area (Å²) in [5.41, 5.74) is 0. The van der Waals surface area contributed by atoms with Crippen molar-refractivity contribution in [3.8, 4) is 11.8 Å². The lowest BCUT2D eigenvalue weighted by atomic mass is 10.3. The fraction of sp³-hybridized carbons (Fsp3) is 0.714. The standard InChI is InChI=1S/C7H12O2/c1-3-4-5-7(8)6-9-2/h7-8H,5-6H2,1-2H3. The third-order valence-corrected chi connectivity index (χ3v) is 0.874. The summed E-state index contributed by atoms with van der Waals surface area (Å²) < 4.78 is 4.68. The van der Waals surface area contributed by atoms with E-state index in [1.54, 1.807) is 14.0 Å². The Morgan fingerprint density at radius 3 is 2.78 bits per heavy atom. The van der Waals surface area contributed by atoms with Gasteiger partial charge in [-0.05, 0) is 6.92 Å². The zero-order chi connectivity index (χ0) is 7.11. The van der Waals surface area contributed by atoms with E-state index in [2.05, 4.69) is 16.6 Å². The van der Waals surface area contributed by atoms with Crippen molar-refractivity contribution in [3.05, 3.63) is 0 Å². The zero-order valence-electron chi connectivity index (χ0n) is 5.85. The predicted molar refractivity (Wildman–Crippen MR) is 35.9 cm³/mol. The number of methoxy groups -OCH3 is 1. The van der Waals surface area contributed by atoms with E-state index >= 15 is 0 Å². The average Bonchev–Trinajstić information content (AvgIpc) is 1.85. The predicted octanol–water partition coefficient (Wildman–Crippen LogP) is 0.407. The Kier molecular flexibility index (Phi) is 5.29. The molecule has 0 rings (SSSR count). The monoisotopic (exact) mass is 128 g/mol. The molecule has 2 heteroatoms. The van der Waals surface area contributed by atoms with Gasteiger partial charge in [0.1, 0.15) is 0 Å². The Bertz CT molecular complexity index is 110. The van der Waals surface area contributed by atoms with Crippen molar-refractivity contribution in [1.29, 1.82) is 0 Å². The molecule has 0 aromatic carbocycles. The van der Waals surface area contributed by atoms with Gasteiger partial charge in [-0.1, -0.05) is 0 Å². The Balaban J connectivity index is 3.22. The van der Waals surface area contributed by atoms with Gasteiger partial charge in [0.05, 0.1) is 12.7 Å². The van der Waals surface area contributed by atoms with Crippen LogP contribution in [-0.4, -0.2) is 24.9 Å². The molecule has 0 aliphatic carbocycles. The number of rotatable bonds is 3. The smallest absolute Gasteiger partial charge is 0.0882 e. The van der Waals surface area contributed by atoms with E-state index < -0.39 is 6.10 Å². The molecule has 52 valence electrons. The van der Waals surface area contributed by atoms with Gasteiger partial charge in [0, 0.05) is 13.5 Å². The van der Waals surface area contributed by atoms with Crippen molar-refractivity contribution in [2.45, 2.75) is 19.4 Å². The van der Waals surface area contributed by atoms with Crippen LogP contribution in [0.15, 0.2) is 0 Å². The molecule has 0 fully saturated rings. The molecular formula is C7H12O2. The van der Waals surface area contributed by atoms with E-state index in [1.165, 1.54) is 0 Å². The average molecular weight is 128 g/mol. The van der Waals surface area contributed by atoms with Crippen LogP contribution in [0.2, 0.25) is 0 Å². The molecule has 0 aromatic heterocycles. The minimum absolute atomic E-state index is 0.370. The van der Waals surface area contributed by atoms with Gasteiger partial charge in [-0.3, -0.25) is 0 Å². The van der Waals surface area contributed by atoms with Crippen molar-refractivity contribution >= 4 is 0 Å². The summed E-state index contributed by atoms with van der Waals surface area (Å²) in [6.45, 7) is 2.12. The maximum absolute atomic E-state index is 8.95. The molecule has 9 heavy (non-hydrogen) atoms. The van der Waals surface area contributed by atoms with Crippen molar-refractivity contribution in [1.82, 2.24) is 0 Å². The summed E-state index contributed by atoms with van der Waals surface area (Å²) >= 11 is 0. The van der Waals surface area contributed by atoms with Gasteiger partial charge < -0.3 is 9.84 Å². The largest absolute Gasteiger partial charge is 0.390 e. The highest BCUT2D eigenvalue weighted by molar-refractivity contribution is 4.96. The number of hydrogen-bond donors (Lipinski definition) is 1. The number of hydrogen-bond acceptors (Lipinski definition) is 2. The van der Waals surface area contributed by atoms with Crippen LogP contribution in [0, 0.1) is 11.8 Å². The fourth-order valence-electron chi connectivity index (χ4n) is 0.471. The molecule has 1 atom stereocenters. The topological polar surface area (TPSA) is 29.5 Å². The van der Waals surface area contributed by atoms with Crippen molar-refractivity contribution in [2.75, 3.05) is 13.7 Å². The van der Waals surface area contributed by atoms with Gasteiger partial charge in [-0.15, -0.1) is 11.8 Å². The highest BCUT2D eigenvalue weighted by Gasteiger charge is 1.97. The van der Waals surface area contributed by atoms with Crippen LogP contribution in [0.1, 0.15) is 13.3 Å². The van der Waals surface area contributed by atoms with E-state index in [0.29, 0.717) is 13.0 Å². The Hall–Kier alpha value is -0.520. The molecule has 0 aliphatic rings. The number of aliphatic hydroxyl groups excluding tert-OH is 1. The second kappa shape index (κ2) is 5.61. The van der Waals surface area contributed by atoms with Gasteiger partial charge >= 0.3 is 0 Å². The van der Waals surface area contributed by atoms with E-state index in [0.717, 1.165) is 0 Å². The lowest BCUT2D eigenvalue weighted by Crippen LogP contribution is -2.12. The Morgan fingerprint density at radius 1 is 1.67 bits per heavy atom. The zero-order valence-corrected chi connectivity index (χ0v) is 5.85. The van der Waals surface area contributed by atoms with Gasteiger partial charge in [0.15, 0.2) is 0 Å². The van der Waals surface area contributed by atoms with Gasteiger partial charge in [-0.25, -0.2) is 0 Å². The van der Waals surface area contributed by atoms with Crippen LogP contribution in [0.25, 0.3) is 0 Å². The first-order chi connectivity index (χ1) is 4.31. The molecule has 0 radical (unpaired) electrons. The third-order valence-electron chi connectivity index (χ3n) is 0.874. The van der Waals surface area contributed by atoms with Crippen molar-refractivity contribution < 1.29 is 9.84 Å². The first kappa shape index (κ1) is 8.48. The molecule has 0 saturated carbocycles. The maximum atomic E-state index is 8.95. The molecule has 0 bridgehead atoms. The van der Waals surface area contributed by atoms with E-state index in [4.69, 9.17) is 5.11 Å². The molecule has 2 nitrogen and oxygen atoms in total. The molecule has 0 aromatic rings. The normalized spacial score (nSPS) is 11.9. The molecule has 0 saturated heterocycles. The first-order valence-corrected chi connectivity index (χ1v) is 2.88. The van der Waals surface area contributed by atoms with Crippen LogP contribution >= 0.6 is 0 Å². The minimum atomic E-state index is -0.428. The van der Waals surface area contributed by atoms with Crippen LogP contribution in [-0.2, 0) is 4.74 Å². The van der Waals surface area contributed by atoms with Crippen LogP contribution in [0.4, 0.5) is 0 Å². The number of aliphatic hydroxyl groups is 1. The fourth-order valence-corrected chi connectivity index (χ4v) is 0.471.